The number of hydrogen-bond donors (Lipinski definition) is 1. The first-order valence-corrected chi connectivity index (χ1v) is 8.50. The lowest BCUT2D eigenvalue weighted by molar-refractivity contribution is -0.138. The monoisotopic (exact) mass is 344 g/mol. The van der Waals surface area contributed by atoms with E-state index in [0.29, 0.717) is 0 Å². The first-order valence-electron chi connectivity index (χ1n) is 8.12. The van der Waals surface area contributed by atoms with Gasteiger partial charge >= 0.3 is 5.97 Å². The second kappa shape index (κ2) is 7.79. The molecule has 3 rings (SSSR count). The molecular weight excluding hydrogens is 324 g/mol. The molecule has 1 aliphatic heterocycles. The molecule has 2 aromatic rings. The van der Waals surface area contributed by atoms with Gasteiger partial charge in [-0.05, 0) is 23.3 Å². The molecule has 0 radical (unpaired) electrons. The molecule has 24 heavy (non-hydrogen) atoms. The highest BCUT2D eigenvalue weighted by molar-refractivity contribution is 6.30. The highest BCUT2D eigenvalue weighted by Crippen LogP contribution is 2.30. The topological polar surface area (TPSA) is 43.8 Å². The van der Waals surface area contributed by atoms with Crippen molar-refractivity contribution < 1.29 is 9.90 Å². The molecule has 0 aliphatic carbocycles. The molecule has 1 atom stereocenters. The maximum absolute atomic E-state index is 10.9. The van der Waals surface area contributed by atoms with Crippen molar-refractivity contribution in [1.82, 2.24) is 9.80 Å². The number of benzene rings is 2. The summed E-state index contributed by atoms with van der Waals surface area (Å²) < 4.78 is 0. The number of hydrogen-bond acceptors (Lipinski definition) is 3. The highest BCUT2D eigenvalue weighted by Gasteiger charge is 2.26. The van der Waals surface area contributed by atoms with Crippen LogP contribution in [-0.4, -0.2) is 53.6 Å². The summed E-state index contributed by atoms with van der Waals surface area (Å²) in [5, 5.41) is 9.69. The SMILES string of the molecule is O=C(O)CN1CCN([C@H](c2ccccc2)c2ccc(Cl)cc2)CC1. The Balaban J connectivity index is 1.81. The summed E-state index contributed by atoms with van der Waals surface area (Å²) in [5.74, 6) is -0.763. The van der Waals surface area contributed by atoms with Gasteiger partial charge in [-0.3, -0.25) is 14.6 Å². The summed E-state index contributed by atoms with van der Waals surface area (Å²) in [6, 6.07) is 18.6. The third-order valence-electron chi connectivity index (χ3n) is 4.43. The quantitative estimate of drug-likeness (QED) is 0.905. The van der Waals surface area contributed by atoms with E-state index in [1.807, 2.05) is 23.1 Å². The summed E-state index contributed by atoms with van der Waals surface area (Å²) >= 11 is 6.04. The molecule has 0 spiro atoms. The fourth-order valence-corrected chi connectivity index (χ4v) is 3.39. The summed E-state index contributed by atoms with van der Waals surface area (Å²) in [6.45, 7) is 3.34. The van der Waals surface area contributed by atoms with Crippen molar-refractivity contribution >= 4 is 17.6 Å². The summed E-state index contributed by atoms with van der Waals surface area (Å²) in [7, 11) is 0. The van der Waals surface area contributed by atoms with Crippen molar-refractivity contribution in [2.75, 3.05) is 32.7 Å². The predicted octanol–water partition coefficient (Wildman–Crippen LogP) is 3.13. The first kappa shape index (κ1) is 17.0. The predicted molar refractivity (Wildman–Crippen MR) is 95.4 cm³/mol. The maximum Gasteiger partial charge on any atom is 0.317 e. The molecular formula is C19H21ClN2O2. The van der Waals surface area contributed by atoms with Crippen LogP contribution in [0, 0.1) is 0 Å². The molecule has 4 nitrogen and oxygen atoms in total. The van der Waals surface area contributed by atoms with Crippen LogP contribution < -0.4 is 0 Å². The van der Waals surface area contributed by atoms with E-state index >= 15 is 0 Å². The highest BCUT2D eigenvalue weighted by atomic mass is 35.5. The average Bonchev–Trinajstić information content (AvgIpc) is 2.59. The number of carboxylic acid groups (broad SMARTS) is 1. The maximum atomic E-state index is 10.9. The van der Waals surface area contributed by atoms with Crippen molar-refractivity contribution in [3.05, 3.63) is 70.7 Å². The normalized spacial score (nSPS) is 17.5. The van der Waals surface area contributed by atoms with E-state index in [1.54, 1.807) is 0 Å². The molecule has 0 unspecified atom stereocenters. The van der Waals surface area contributed by atoms with Crippen molar-refractivity contribution in [2.24, 2.45) is 0 Å². The fourth-order valence-electron chi connectivity index (χ4n) is 3.27. The molecule has 1 saturated heterocycles. The minimum atomic E-state index is -0.763. The van der Waals surface area contributed by atoms with Crippen LogP contribution in [-0.2, 0) is 4.79 Å². The van der Waals surface area contributed by atoms with Gasteiger partial charge in [0.15, 0.2) is 0 Å². The first-order chi connectivity index (χ1) is 11.6. The Hall–Kier alpha value is -1.88. The minimum Gasteiger partial charge on any atom is -0.480 e. The van der Waals surface area contributed by atoms with E-state index < -0.39 is 5.97 Å². The molecule has 1 fully saturated rings. The van der Waals surface area contributed by atoms with Gasteiger partial charge < -0.3 is 5.11 Å². The Morgan fingerprint density at radius 3 is 2.12 bits per heavy atom. The zero-order chi connectivity index (χ0) is 16.9. The van der Waals surface area contributed by atoms with Gasteiger partial charge in [-0.1, -0.05) is 54.1 Å². The molecule has 1 heterocycles. The van der Waals surface area contributed by atoms with Gasteiger partial charge in [-0.15, -0.1) is 0 Å². The van der Waals surface area contributed by atoms with Crippen LogP contribution in [0.15, 0.2) is 54.6 Å². The number of rotatable bonds is 5. The molecule has 0 aromatic heterocycles. The van der Waals surface area contributed by atoms with Crippen LogP contribution in [0.3, 0.4) is 0 Å². The summed E-state index contributed by atoms with van der Waals surface area (Å²) in [4.78, 5) is 15.3. The second-order valence-electron chi connectivity index (χ2n) is 6.07. The van der Waals surface area contributed by atoms with E-state index in [-0.39, 0.29) is 12.6 Å². The average molecular weight is 345 g/mol. The zero-order valence-corrected chi connectivity index (χ0v) is 14.2. The minimum absolute atomic E-state index is 0.116. The van der Waals surface area contributed by atoms with Crippen molar-refractivity contribution in [2.45, 2.75) is 6.04 Å². The van der Waals surface area contributed by atoms with Gasteiger partial charge in [-0.2, -0.15) is 0 Å². The van der Waals surface area contributed by atoms with Gasteiger partial charge in [0.25, 0.3) is 0 Å². The van der Waals surface area contributed by atoms with Gasteiger partial charge in [0.05, 0.1) is 12.6 Å². The van der Waals surface area contributed by atoms with E-state index in [0.717, 1.165) is 31.2 Å². The van der Waals surface area contributed by atoms with Crippen LogP contribution in [0.2, 0.25) is 5.02 Å². The fraction of sp³-hybridized carbons (Fsp3) is 0.316. The third kappa shape index (κ3) is 4.15. The second-order valence-corrected chi connectivity index (χ2v) is 6.51. The Morgan fingerprint density at radius 1 is 0.958 bits per heavy atom. The van der Waals surface area contributed by atoms with Gasteiger partial charge in [-0.25, -0.2) is 0 Å². The lowest BCUT2D eigenvalue weighted by atomic mass is 9.96. The number of carboxylic acids is 1. The van der Waals surface area contributed by atoms with Crippen LogP contribution in [0.1, 0.15) is 17.2 Å². The number of piperazine rings is 1. The molecule has 1 N–H and O–H groups in total. The Kier molecular flexibility index (Phi) is 5.51. The lowest BCUT2D eigenvalue weighted by Crippen LogP contribution is -2.49. The Bertz CT molecular complexity index is 668. The number of nitrogens with zero attached hydrogens (tertiary/aromatic N) is 2. The number of carbonyl (C=O) groups is 1. The molecule has 5 heteroatoms. The van der Waals surface area contributed by atoms with E-state index in [9.17, 15) is 4.79 Å². The lowest BCUT2D eigenvalue weighted by Gasteiger charge is -2.39. The molecule has 0 amide bonds. The van der Waals surface area contributed by atoms with E-state index in [4.69, 9.17) is 16.7 Å². The standard InChI is InChI=1S/C19H21ClN2O2/c20-17-8-6-16(7-9-17)19(15-4-2-1-3-5-15)22-12-10-21(11-13-22)14-18(23)24/h1-9,19H,10-14H2,(H,23,24)/t19-/m1/s1. The Morgan fingerprint density at radius 2 is 1.54 bits per heavy atom. The Labute approximate surface area is 147 Å². The van der Waals surface area contributed by atoms with E-state index in [2.05, 4.69) is 41.3 Å². The van der Waals surface area contributed by atoms with Crippen molar-refractivity contribution in [3.8, 4) is 0 Å². The van der Waals surface area contributed by atoms with Gasteiger partial charge in [0, 0.05) is 31.2 Å². The zero-order valence-electron chi connectivity index (χ0n) is 13.4. The summed E-state index contributed by atoms with van der Waals surface area (Å²) in [5.41, 5.74) is 2.45. The largest absolute Gasteiger partial charge is 0.480 e. The van der Waals surface area contributed by atoms with Gasteiger partial charge in [0.2, 0.25) is 0 Å². The molecule has 0 saturated carbocycles. The molecule has 1 aliphatic rings. The summed E-state index contributed by atoms with van der Waals surface area (Å²) in [6.07, 6.45) is 0. The van der Waals surface area contributed by atoms with Crippen LogP contribution in [0.5, 0.6) is 0 Å². The van der Waals surface area contributed by atoms with E-state index in [1.165, 1.54) is 11.1 Å². The van der Waals surface area contributed by atoms with Crippen molar-refractivity contribution in [1.29, 1.82) is 0 Å². The molecule has 2 aromatic carbocycles. The van der Waals surface area contributed by atoms with Gasteiger partial charge in [0.1, 0.15) is 0 Å². The molecule has 0 bridgehead atoms. The van der Waals surface area contributed by atoms with Crippen LogP contribution in [0.25, 0.3) is 0 Å². The van der Waals surface area contributed by atoms with Crippen molar-refractivity contribution in [3.63, 3.8) is 0 Å². The number of aliphatic carboxylic acids is 1. The van der Waals surface area contributed by atoms with Crippen LogP contribution >= 0.6 is 11.6 Å². The third-order valence-corrected chi connectivity index (χ3v) is 4.68. The molecule has 126 valence electrons. The number of halogens is 1. The van der Waals surface area contributed by atoms with Crippen LogP contribution in [0.4, 0.5) is 0 Å². The smallest absolute Gasteiger partial charge is 0.317 e.